The fraction of sp³-hybridized carbons (Fsp3) is 0.0526. The number of halogens is 2. The Balaban J connectivity index is 0.000000207. The van der Waals surface area contributed by atoms with E-state index in [0.717, 1.165) is 11.8 Å². The Kier molecular flexibility index (Phi) is 7.83. The molecule has 146 valence electrons. The zero-order valence-corrected chi connectivity index (χ0v) is 17.3. The third-order valence-electron chi connectivity index (χ3n) is 3.41. The molecule has 0 saturated heterocycles. The van der Waals surface area contributed by atoms with Gasteiger partial charge in [0.1, 0.15) is 0 Å². The van der Waals surface area contributed by atoms with Crippen molar-refractivity contribution in [1.29, 1.82) is 5.26 Å². The van der Waals surface area contributed by atoms with E-state index in [1.807, 2.05) is 18.6 Å². The molecule has 4 rings (SSSR count). The van der Waals surface area contributed by atoms with Gasteiger partial charge >= 0.3 is 20.1 Å². The Bertz CT molecular complexity index is 1010. The monoisotopic (exact) mass is 569 g/mol. The van der Waals surface area contributed by atoms with E-state index in [-0.39, 0.29) is 31.5 Å². The number of aromatic nitrogens is 3. The van der Waals surface area contributed by atoms with E-state index in [1.165, 1.54) is 18.5 Å². The summed E-state index contributed by atoms with van der Waals surface area (Å²) >= 11 is 0. The van der Waals surface area contributed by atoms with Crippen molar-refractivity contribution in [3.05, 3.63) is 79.0 Å². The van der Waals surface area contributed by atoms with Crippen LogP contribution in [0.4, 0.5) is 14.5 Å². The molecule has 3 heterocycles. The van der Waals surface area contributed by atoms with Crippen LogP contribution in [0.25, 0.3) is 11.4 Å². The standard InChI is InChI=1S/C11H4F2N3.C8H8N4.Ir/c12-9-3-2-7(10(13)8(9)6-14)11-15-4-1-5-16-11;1-11-6-10-12(7-11)8-3-2-4-9-5-8;/h1,3-5H;2,4-7H,1H3;/q-1;-2;+3. The number of rotatable bonds is 2. The smallest absolute Gasteiger partial charge is 0.493 e. The molecule has 7 nitrogen and oxygen atoms in total. The van der Waals surface area contributed by atoms with Gasteiger partial charge in [-0.05, 0) is 13.1 Å². The molecule has 2 aromatic heterocycles. The van der Waals surface area contributed by atoms with Gasteiger partial charge in [0.25, 0.3) is 0 Å². The average Bonchev–Trinajstić information content (AvgIpc) is 3.17. The van der Waals surface area contributed by atoms with Crippen LogP contribution in [0.5, 0.6) is 0 Å². The van der Waals surface area contributed by atoms with Gasteiger partial charge in [-0.25, -0.2) is 0 Å². The predicted octanol–water partition coefficient (Wildman–Crippen LogP) is 2.79. The van der Waals surface area contributed by atoms with Crippen molar-refractivity contribution in [3.8, 4) is 17.5 Å². The van der Waals surface area contributed by atoms with Crippen LogP contribution in [0, 0.1) is 41.8 Å². The molecule has 1 aromatic carbocycles. The normalized spacial score (nSPS) is 11.9. The van der Waals surface area contributed by atoms with Crippen LogP contribution in [0.2, 0.25) is 0 Å². The van der Waals surface area contributed by atoms with Crippen LogP contribution >= 0.6 is 0 Å². The average molecular weight is 569 g/mol. The van der Waals surface area contributed by atoms with Crippen molar-refractivity contribution in [3.63, 3.8) is 0 Å². The number of nitriles is 1. The van der Waals surface area contributed by atoms with Crippen LogP contribution in [0.1, 0.15) is 5.56 Å². The number of hydrogen-bond acceptors (Lipinski definition) is 7. The third kappa shape index (κ3) is 5.38. The zero-order chi connectivity index (χ0) is 19.9. The molecule has 0 fully saturated rings. The molecule has 0 unspecified atom stereocenters. The van der Waals surface area contributed by atoms with E-state index in [2.05, 4.69) is 32.2 Å². The maximum atomic E-state index is 13.6. The molecule has 0 radical (unpaired) electrons. The van der Waals surface area contributed by atoms with Crippen LogP contribution < -0.4 is 5.01 Å². The van der Waals surface area contributed by atoms with E-state index in [9.17, 15) is 8.78 Å². The first kappa shape index (κ1) is 22.0. The van der Waals surface area contributed by atoms with Crippen molar-refractivity contribution in [2.75, 3.05) is 12.1 Å². The van der Waals surface area contributed by atoms with Crippen molar-refractivity contribution < 1.29 is 28.9 Å². The summed E-state index contributed by atoms with van der Waals surface area (Å²) < 4.78 is 26.7. The Hall–Kier alpha value is -3.28. The molecule has 0 aliphatic carbocycles. The molecule has 0 atom stereocenters. The molecule has 0 N–H and O–H groups in total. The molecule has 0 saturated carbocycles. The summed E-state index contributed by atoms with van der Waals surface area (Å²) in [5.74, 6) is -1.87. The second kappa shape index (κ2) is 10.3. The van der Waals surface area contributed by atoms with Crippen molar-refractivity contribution in [2.45, 2.75) is 0 Å². The van der Waals surface area contributed by atoms with Gasteiger partial charge in [0.2, 0.25) is 0 Å². The maximum absolute atomic E-state index is 13.6. The van der Waals surface area contributed by atoms with E-state index in [1.54, 1.807) is 35.9 Å². The largest absolute Gasteiger partial charge is 3.00 e. The molecule has 1 aliphatic heterocycles. The summed E-state index contributed by atoms with van der Waals surface area (Å²) in [6, 6.07) is 11.1. The molecule has 0 bridgehead atoms. The summed E-state index contributed by atoms with van der Waals surface area (Å²) in [5.41, 5.74) is 0.0813. The van der Waals surface area contributed by atoms with Crippen LogP contribution in [0.15, 0.2) is 48.1 Å². The number of nitrogens with zero attached hydrogens (tertiary/aromatic N) is 7. The number of hydrazone groups is 1. The fourth-order valence-corrected chi connectivity index (χ4v) is 2.13. The van der Waals surface area contributed by atoms with Gasteiger partial charge in [-0.2, -0.15) is 22.5 Å². The summed E-state index contributed by atoms with van der Waals surface area (Å²) in [6.07, 6.45) is 7.97. The van der Waals surface area contributed by atoms with E-state index in [4.69, 9.17) is 5.26 Å². The Morgan fingerprint density at radius 2 is 1.93 bits per heavy atom. The van der Waals surface area contributed by atoms with Gasteiger partial charge in [-0.3, -0.25) is 18.7 Å². The second-order valence-electron chi connectivity index (χ2n) is 5.36. The van der Waals surface area contributed by atoms with Crippen LogP contribution in [0.3, 0.4) is 0 Å². The minimum atomic E-state index is -0.992. The molecule has 10 heteroatoms. The minimum absolute atomic E-state index is 0. The van der Waals surface area contributed by atoms with E-state index < -0.39 is 17.2 Å². The number of benzene rings is 1. The molecule has 29 heavy (non-hydrogen) atoms. The van der Waals surface area contributed by atoms with Gasteiger partial charge in [-0.15, -0.1) is 18.8 Å². The number of hydrogen-bond donors (Lipinski definition) is 0. The number of pyridine rings is 1. The van der Waals surface area contributed by atoms with Crippen LogP contribution in [-0.2, 0) is 20.1 Å². The van der Waals surface area contributed by atoms with Crippen molar-refractivity contribution >= 4 is 12.0 Å². The van der Waals surface area contributed by atoms with Gasteiger partial charge in [0.05, 0.1) is 29.9 Å². The van der Waals surface area contributed by atoms with Gasteiger partial charge in [0.15, 0.2) is 0 Å². The molecular weight excluding hydrogens is 556 g/mol. The summed E-state index contributed by atoms with van der Waals surface area (Å²) in [5, 5.41) is 14.4. The topological polar surface area (TPSA) is 81.3 Å². The summed E-state index contributed by atoms with van der Waals surface area (Å²) in [7, 11) is 1.92. The predicted molar refractivity (Wildman–Crippen MR) is 97.0 cm³/mol. The SMILES string of the molecule is CN1C=NN(c2[c-]ccnc2)[CH-]1.N#Cc1c(F)c[c-]c(-c2ncccn2)c1F.[Ir+3]. The first-order chi connectivity index (χ1) is 13.6. The Labute approximate surface area is 179 Å². The maximum Gasteiger partial charge on any atom is 3.00 e. The molecule has 0 spiro atoms. The third-order valence-corrected chi connectivity index (χ3v) is 3.41. The summed E-state index contributed by atoms with van der Waals surface area (Å²) in [4.78, 5) is 13.4. The Morgan fingerprint density at radius 1 is 1.17 bits per heavy atom. The number of anilines is 1. The van der Waals surface area contributed by atoms with Gasteiger partial charge in [0, 0.05) is 18.0 Å². The van der Waals surface area contributed by atoms with Gasteiger partial charge < -0.3 is 14.9 Å². The van der Waals surface area contributed by atoms with Crippen molar-refractivity contribution in [2.24, 2.45) is 5.10 Å². The molecule has 3 aromatic rings. The van der Waals surface area contributed by atoms with E-state index in [0.29, 0.717) is 0 Å². The minimum Gasteiger partial charge on any atom is -0.493 e. The quantitative estimate of drug-likeness (QED) is 0.443. The molecule has 1 aliphatic rings. The van der Waals surface area contributed by atoms with Crippen molar-refractivity contribution in [1.82, 2.24) is 19.9 Å². The van der Waals surface area contributed by atoms with Gasteiger partial charge in [-0.1, -0.05) is 23.6 Å². The fourth-order valence-electron chi connectivity index (χ4n) is 2.13. The molecular formula is C19H12F2IrN7. The second-order valence-corrected chi connectivity index (χ2v) is 5.36. The van der Waals surface area contributed by atoms with E-state index >= 15 is 0 Å². The zero-order valence-electron chi connectivity index (χ0n) is 14.9. The summed E-state index contributed by atoms with van der Waals surface area (Å²) in [6.45, 7) is 1.85. The Morgan fingerprint density at radius 3 is 2.52 bits per heavy atom. The molecule has 0 amide bonds. The van der Waals surface area contributed by atoms with Crippen LogP contribution in [-0.4, -0.2) is 33.2 Å². The first-order valence-electron chi connectivity index (χ1n) is 7.89. The first-order valence-corrected chi connectivity index (χ1v) is 7.89.